The fourth-order valence-electron chi connectivity index (χ4n) is 3.64. The van der Waals surface area contributed by atoms with E-state index < -0.39 is 0 Å². The molecule has 8 heteroatoms. The van der Waals surface area contributed by atoms with Crippen molar-refractivity contribution >= 4 is 38.6 Å². The second-order valence-corrected chi connectivity index (χ2v) is 8.05. The van der Waals surface area contributed by atoms with Crippen LogP contribution in [-0.4, -0.2) is 64.9 Å². The standard InChI is InChI=1S/C22H21BrN4O3/c1-14(28)26-5-7-27(8-6-26)22(29)16-9-15(10-18(11-16)30-2)21-19-12-17(23)3-4-20(19)24-13-25-21/h3-4,9-13H,5-8H2,1-2H3. The third-order valence-corrected chi connectivity index (χ3v) is 5.77. The van der Waals surface area contributed by atoms with Gasteiger partial charge in [-0.1, -0.05) is 15.9 Å². The Kier molecular flexibility index (Phi) is 5.67. The predicted octanol–water partition coefficient (Wildman–Crippen LogP) is 3.37. The van der Waals surface area contributed by atoms with Crippen LogP contribution in [0.5, 0.6) is 5.75 Å². The zero-order chi connectivity index (χ0) is 21.3. The van der Waals surface area contributed by atoms with Gasteiger partial charge in [0.15, 0.2) is 0 Å². The molecular formula is C22H21BrN4O3. The molecule has 1 aliphatic heterocycles. The molecule has 3 aromatic rings. The van der Waals surface area contributed by atoms with Gasteiger partial charge >= 0.3 is 0 Å². The maximum absolute atomic E-state index is 13.2. The first kappa shape index (κ1) is 20.3. The smallest absolute Gasteiger partial charge is 0.254 e. The molecule has 154 valence electrons. The topological polar surface area (TPSA) is 75.6 Å². The number of aromatic nitrogens is 2. The first-order valence-electron chi connectivity index (χ1n) is 9.61. The summed E-state index contributed by atoms with van der Waals surface area (Å²) in [6.07, 6.45) is 1.52. The van der Waals surface area contributed by atoms with Gasteiger partial charge in [-0.2, -0.15) is 0 Å². The Labute approximate surface area is 182 Å². The summed E-state index contributed by atoms with van der Waals surface area (Å²) in [5, 5.41) is 0.883. The maximum atomic E-state index is 13.2. The molecule has 0 radical (unpaired) electrons. The van der Waals surface area contributed by atoms with Crippen molar-refractivity contribution in [1.29, 1.82) is 0 Å². The highest BCUT2D eigenvalue weighted by Crippen LogP contribution is 2.31. The van der Waals surface area contributed by atoms with Crippen LogP contribution in [0.1, 0.15) is 17.3 Å². The molecule has 0 unspecified atom stereocenters. The molecule has 2 heterocycles. The molecule has 1 aliphatic rings. The molecule has 1 fully saturated rings. The summed E-state index contributed by atoms with van der Waals surface area (Å²) in [5.74, 6) is 0.533. The summed E-state index contributed by atoms with van der Waals surface area (Å²) < 4.78 is 6.39. The van der Waals surface area contributed by atoms with Gasteiger partial charge in [-0.05, 0) is 36.4 Å². The van der Waals surface area contributed by atoms with E-state index in [1.165, 1.54) is 6.33 Å². The van der Waals surface area contributed by atoms with Gasteiger partial charge in [0.1, 0.15) is 12.1 Å². The number of benzene rings is 2. The Bertz CT molecular complexity index is 1130. The molecular weight excluding hydrogens is 448 g/mol. The minimum atomic E-state index is -0.0853. The number of carbonyl (C=O) groups is 2. The highest BCUT2D eigenvalue weighted by atomic mass is 79.9. The van der Waals surface area contributed by atoms with Gasteiger partial charge < -0.3 is 14.5 Å². The van der Waals surface area contributed by atoms with Crippen LogP contribution in [-0.2, 0) is 4.79 Å². The first-order chi connectivity index (χ1) is 14.5. The van der Waals surface area contributed by atoms with Crippen molar-refractivity contribution in [2.24, 2.45) is 0 Å². The number of fused-ring (bicyclic) bond motifs is 1. The van der Waals surface area contributed by atoms with Gasteiger partial charge in [0.25, 0.3) is 5.91 Å². The van der Waals surface area contributed by atoms with Crippen molar-refractivity contribution in [2.75, 3.05) is 33.3 Å². The summed E-state index contributed by atoms with van der Waals surface area (Å²) in [5.41, 5.74) is 2.86. The number of carbonyl (C=O) groups excluding carboxylic acids is 2. The van der Waals surface area contributed by atoms with E-state index in [4.69, 9.17) is 4.74 Å². The SMILES string of the molecule is COc1cc(C(=O)N2CCN(C(C)=O)CC2)cc(-c2ncnc3ccc(Br)cc23)c1. The molecule has 1 saturated heterocycles. The van der Waals surface area contributed by atoms with Crippen molar-refractivity contribution in [2.45, 2.75) is 6.92 Å². The molecule has 30 heavy (non-hydrogen) atoms. The van der Waals surface area contributed by atoms with Crippen LogP contribution in [0.4, 0.5) is 0 Å². The summed E-state index contributed by atoms with van der Waals surface area (Å²) in [6.45, 7) is 3.66. The number of methoxy groups -OCH3 is 1. The lowest BCUT2D eigenvalue weighted by Crippen LogP contribution is -2.50. The lowest BCUT2D eigenvalue weighted by Gasteiger charge is -2.34. The highest BCUT2D eigenvalue weighted by Gasteiger charge is 2.24. The van der Waals surface area contributed by atoms with E-state index in [1.54, 1.807) is 29.9 Å². The van der Waals surface area contributed by atoms with Crippen molar-refractivity contribution in [1.82, 2.24) is 19.8 Å². The second-order valence-electron chi connectivity index (χ2n) is 7.13. The maximum Gasteiger partial charge on any atom is 0.254 e. The van der Waals surface area contributed by atoms with Crippen molar-refractivity contribution < 1.29 is 14.3 Å². The molecule has 2 aromatic carbocycles. The molecule has 0 spiro atoms. The van der Waals surface area contributed by atoms with E-state index >= 15 is 0 Å². The molecule has 0 atom stereocenters. The Hall–Kier alpha value is -3.00. The molecule has 2 amide bonds. The third kappa shape index (κ3) is 4.00. The number of piperazine rings is 1. The summed E-state index contributed by atoms with van der Waals surface area (Å²) >= 11 is 3.50. The zero-order valence-electron chi connectivity index (χ0n) is 16.8. The summed E-state index contributed by atoms with van der Waals surface area (Å²) in [4.78, 5) is 37.1. The van der Waals surface area contributed by atoms with Crippen molar-refractivity contribution in [3.05, 3.63) is 52.8 Å². The minimum Gasteiger partial charge on any atom is -0.497 e. The van der Waals surface area contributed by atoms with Gasteiger partial charge in [-0.15, -0.1) is 0 Å². The number of halogens is 1. The first-order valence-corrected chi connectivity index (χ1v) is 10.4. The Morgan fingerprint density at radius 2 is 1.73 bits per heavy atom. The van der Waals surface area contributed by atoms with Crippen molar-refractivity contribution in [3.63, 3.8) is 0 Å². The Morgan fingerprint density at radius 3 is 2.43 bits per heavy atom. The fourth-order valence-corrected chi connectivity index (χ4v) is 4.00. The summed E-state index contributed by atoms with van der Waals surface area (Å²) in [7, 11) is 1.58. The number of rotatable bonds is 3. The number of amides is 2. The van der Waals surface area contributed by atoms with Gasteiger partial charge in [0.2, 0.25) is 5.91 Å². The normalized spacial score (nSPS) is 14.1. The zero-order valence-corrected chi connectivity index (χ0v) is 18.3. The van der Waals surface area contributed by atoms with Crippen LogP contribution < -0.4 is 4.74 Å². The van der Waals surface area contributed by atoms with E-state index in [2.05, 4.69) is 25.9 Å². The minimum absolute atomic E-state index is 0.0348. The van der Waals surface area contributed by atoms with Crippen LogP contribution in [0, 0.1) is 0 Å². The van der Waals surface area contributed by atoms with Crippen molar-refractivity contribution in [3.8, 4) is 17.0 Å². The van der Waals surface area contributed by atoms with Gasteiger partial charge in [-0.25, -0.2) is 9.97 Å². The number of hydrogen-bond donors (Lipinski definition) is 0. The highest BCUT2D eigenvalue weighted by molar-refractivity contribution is 9.10. The molecule has 0 aliphatic carbocycles. The second kappa shape index (κ2) is 8.39. The largest absolute Gasteiger partial charge is 0.497 e. The van der Waals surface area contributed by atoms with E-state index in [0.29, 0.717) is 37.5 Å². The lowest BCUT2D eigenvalue weighted by molar-refractivity contribution is -0.130. The number of hydrogen-bond acceptors (Lipinski definition) is 5. The molecule has 0 N–H and O–H groups in total. The monoisotopic (exact) mass is 468 g/mol. The van der Waals surface area contributed by atoms with Gasteiger partial charge in [-0.3, -0.25) is 9.59 Å². The summed E-state index contributed by atoms with van der Waals surface area (Å²) in [6, 6.07) is 11.3. The Morgan fingerprint density at radius 1 is 1.00 bits per heavy atom. The molecule has 0 saturated carbocycles. The number of nitrogens with zero attached hydrogens (tertiary/aromatic N) is 4. The van der Waals surface area contributed by atoms with Crippen LogP contribution >= 0.6 is 15.9 Å². The van der Waals surface area contributed by atoms with Crippen LogP contribution in [0.2, 0.25) is 0 Å². The third-order valence-electron chi connectivity index (χ3n) is 5.27. The quantitative estimate of drug-likeness (QED) is 0.588. The Balaban J connectivity index is 1.71. The number of ether oxygens (including phenoxy) is 1. The lowest BCUT2D eigenvalue weighted by atomic mass is 10.0. The van der Waals surface area contributed by atoms with Crippen LogP contribution in [0.15, 0.2) is 47.2 Å². The van der Waals surface area contributed by atoms with Gasteiger partial charge in [0.05, 0.1) is 18.3 Å². The molecule has 4 rings (SSSR count). The molecule has 7 nitrogen and oxygen atoms in total. The average Bonchev–Trinajstić information content (AvgIpc) is 2.77. The predicted molar refractivity (Wildman–Crippen MR) is 117 cm³/mol. The van der Waals surface area contributed by atoms with Gasteiger partial charge in [0, 0.05) is 54.1 Å². The molecule has 0 bridgehead atoms. The fraction of sp³-hybridized carbons (Fsp3) is 0.273. The van der Waals surface area contributed by atoms with E-state index in [1.807, 2.05) is 30.3 Å². The van der Waals surface area contributed by atoms with Crippen LogP contribution in [0.3, 0.4) is 0 Å². The molecule has 1 aromatic heterocycles. The van der Waals surface area contributed by atoms with E-state index in [-0.39, 0.29) is 11.8 Å². The van der Waals surface area contributed by atoms with Crippen LogP contribution in [0.25, 0.3) is 22.2 Å². The van der Waals surface area contributed by atoms with E-state index in [0.717, 1.165) is 26.6 Å². The van der Waals surface area contributed by atoms with E-state index in [9.17, 15) is 9.59 Å². The average molecular weight is 469 g/mol.